The fraction of sp³-hybridized carbons (Fsp3) is 0.643. The summed E-state index contributed by atoms with van der Waals surface area (Å²) in [5, 5.41) is 5.61. The van der Waals surface area contributed by atoms with Crippen LogP contribution in [0.2, 0.25) is 0 Å². The van der Waals surface area contributed by atoms with Crippen molar-refractivity contribution in [3.8, 4) is 0 Å². The Kier molecular flexibility index (Phi) is 4.98. The van der Waals surface area contributed by atoms with E-state index in [1.165, 1.54) is 16.9 Å². The molecular formula is C14H22N2S2. The first-order valence-corrected chi connectivity index (χ1v) is 8.47. The zero-order valence-electron chi connectivity index (χ0n) is 11.5. The normalized spacial score (nSPS) is 30.1. The third kappa shape index (κ3) is 3.03. The second kappa shape index (κ2) is 6.31. The standard InChI is InChI=1S/C14H22N2S2/c1-9-5-6-16-7-12(9)14(15-4)13-8-17-10(2)11(3)18-13/h5-7,10-11,13-15H,8H2,1-4H3. The molecule has 2 heterocycles. The van der Waals surface area contributed by atoms with E-state index >= 15 is 0 Å². The van der Waals surface area contributed by atoms with Gasteiger partial charge in [-0.05, 0) is 31.2 Å². The van der Waals surface area contributed by atoms with Crippen LogP contribution in [-0.4, -0.2) is 33.5 Å². The SMILES string of the molecule is CNC(c1cnccc1C)C1CSC(C)C(C)S1. The molecule has 1 aromatic heterocycles. The number of nitrogens with one attached hydrogen (secondary N) is 1. The maximum atomic E-state index is 4.29. The van der Waals surface area contributed by atoms with E-state index in [4.69, 9.17) is 0 Å². The third-order valence-corrected chi connectivity index (χ3v) is 7.17. The average molecular weight is 282 g/mol. The molecule has 4 unspecified atom stereocenters. The highest BCUT2D eigenvalue weighted by Gasteiger charge is 2.31. The summed E-state index contributed by atoms with van der Waals surface area (Å²) in [6, 6.07) is 2.51. The highest BCUT2D eigenvalue weighted by molar-refractivity contribution is 8.07. The predicted octanol–water partition coefficient (Wildman–Crippen LogP) is 3.28. The lowest BCUT2D eigenvalue weighted by molar-refractivity contribution is 0.583. The van der Waals surface area contributed by atoms with Gasteiger partial charge in [-0.3, -0.25) is 4.98 Å². The summed E-state index contributed by atoms with van der Waals surface area (Å²) in [7, 11) is 2.06. The molecule has 0 bridgehead atoms. The minimum atomic E-state index is 0.408. The van der Waals surface area contributed by atoms with Gasteiger partial charge in [0.2, 0.25) is 0 Å². The molecule has 0 aromatic carbocycles. The second-order valence-electron chi connectivity index (χ2n) is 4.92. The summed E-state index contributed by atoms with van der Waals surface area (Å²) in [5.74, 6) is 1.22. The van der Waals surface area contributed by atoms with Crippen molar-refractivity contribution in [3.05, 3.63) is 29.6 Å². The summed E-state index contributed by atoms with van der Waals surface area (Å²) < 4.78 is 0. The van der Waals surface area contributed by atoms with E-state index in [0.717, 1.165) is 10.5 Å². The van der Waals surface area contributed by atoms with Gasteiger partial charge in [-0.1, -0.05) is 13.8 Å². The lowest BCUT2D eigenvalue weighted by atomic mass is 10.0. The van der Waals surface area contributed by atoms with Crippen LogP contribution in [0.25, 0.3) is 0 Å². The Balaban J connectivity index is 2.17. The Hall–Kier alpha value is -0.190. The molecule has 1 aliphatic heterocycles. The number of hydrogen-bond donors (Lipinski definition) is 1. The largest absolute Gasteiger partial charge is 0.312 e. The first-order valence-electron chi connectivity index (χ1n) is 6.48. The molecule has 1 saturated heterocycles. The predicted molar refractivity (Wildman–Crippen MR) is 83.5 cm³/mol. The molecule has 1 fully saturated rings. The Morgan fingerprint density at radius 1 is 1.39 bits per heavy atom. The van der Waals surface area contributed by atoms with E-state index in [2.05, 4.69) is 67.7 Å². The molecule has 0 aliphatic carbocycles. The summed E-state index contributed by atoms with van der Waals surface area (Å²) in [4.78, 5) is 4.29. The fourth-order valence-electron chi connectivity index (χ4n) is 2.33. The van der Waals surface area contributed by atoms with Crippen LogP contribution in [0.3, 0.4) is 0 Å². The first kappa shape index (κ1) is 14.2. The zero-order valence-corrected chi connectivity index (χ0v) is 13.1. The van der Waals surface area contributed by atoms with Crippen LogP contribution < -0.4 is 5.32 Å². The highest BCUT2D eigenvalue weighted by Crippen LogP contribution is 2.41. The van der Waals surface area contributed by atoms with Crippen molar-refractivity contribution in [2.45, 2.75) is 42.6 Å². The van der Waals surface area contributed by atoms with Gasteiger partial charge in [-0.2, -0.15) is 23.5 Å². The average Bonchev–Trinajstić information content (AvgIpc) is 2.37. The number of aromatic nitrogens is 1. The lowest BCUT2D eigenvalue weighted by Gasteiger charge is -2.36. The summed E-state index contributed by atoms with van der Waals surface area (Å²) in [5.41, 5.74) is 2.68. The molecular weight excluding hydrogens is 260 g/mol. The van der Waals surface area contributed by atoms with E-state index in [1.54, 1.807) is 0 Å². The first-order chi connectivity index (χ1) is 8.63. The van der Waals surface area contributed by atoms with Crippen molar-refractivity contribution in [3.63, 3.8) is 0 Å². The van der Waals surface area contributed by atoms with Crippen LogP contribution in [0.15, 0.2) is 18.5 Å². The highest BCUT2D eigenvalue weighted by atomic mass is 32.2. The molecule has 1 aliphatic rings. The Bertz CT molecular complexity index is 397. The topological polar surface area (TPSA) is 24.9 Å². The number of aryl methyl sites for hydroxylation is 1. The molecule has 2 nitrogen and oxygen atoms in total. The molecule has 0 radical (unpaired) electrons. The monoisotopic (exact) mass is 282 g/mol. The van der Waals surface area contributed by atoms with Gasteiger partial charge in [0.15, 0.2) is 0 Å². The summed E-state index contributed by atoms with van der Waals surface area (Å²) in [6.45, 7) is 6.85. The van der Waals surface area contributed by atoms with Crippen molar-refractivity contribution in [2.75, 3.05) is 12.8 Å². The molecule has 100 valence electrons. The Labute approximate surface area is 119 Å². The lowest BCUT2D eigenvalue weighted by Crippen LogP contribution is -2.36. The van der Waals surface area contributed by atoms with Crippen LogP contribution in [0.1, 0.15) is 31.0 Å². The number of rotatable bonds is 3. The molecule has 1 aromatic rings. The third-order valence-electron chi connectivity index (χ3n) is 3.67. The van der Waals surface area contributed by atoms with E-state index in [9.17, 15) is 0 Å². The minimum Gasteiger partial charge on any atom is -0.312 e. The smallest absolute Gasteiger partial charge is 0.0464 e. The van der Waals surface area contributed by atoms with Gasteiger partial charge >= 0.3 is 0 Å². The number of thioether (sulfide) groups is 2. The van der Waals surface area contributed by atoms with Crippen LogP contribution in [0, 0.1) is 6.92 Å². The Morgan fingerprint density at radius 3 is 2.78 bits per heavy atom. The second-order valence-corrected chi connectivity index (χ2v) is 7.95. The van der Waals surface area contributed by atoms with Gasteiger partial charge in [0.1, 0.15) is 0 Å². The van der Waals surface area contributed by atoms with Crippen LogP contribution in [-0.2, 0) is 0 Å². The summed E-state index contributed by atoms with van der Waals surface area (Å²) in [6.07, 6.45) is 3.89. The van der Waals surface area contributed by atoms with Crippen LogP contribution >= 0.6 is 23.5 Å². The van der Waals surface area contributed by atoms with Gasteiger partial charge < -0.3 is 5.32 Å². The van der Waals surface area contributed by atoms with Crippen molar-refractivity contribution < 1.29 is 0 Å². The van der Waals surface area contributed by atoms with Gasteiger partial charge in [-0.15, -0.1) is 0 Å². The van der Waals surface area contributed by atoms with Crippen LogP contribution in [0.4, 0.5) is 0 Å². The van der Waals surface area contributed by atoms with Gasteiger partial charge in [0.05, 0.1) is 0 Å². The quantitative estimate of drug-likeness (QED) is 0.920. The van der Waals surface area contributed by atoms with Crippen molar-refractivity contribution in [1.29, 1.82) is 0 Å². The Morgan fingerprint density at radius 2 is 2.17 bits per heavy atom. The summed E-state index contributed by atoms with van der Waals surface area (Å²) >= 11 is 4.22. The maximum Gasteiger partial charge on any atom is 0.0464 e. The molecule has 0 spiro atoms. The molecule has 0 saturated carbocycles. The van der Waals surface area contributed by atoms with Crippen molar-refractivity contribution in [1.82, 2.24) is 10.3 Å². The molecule has 0 amide bonds. The molecule has 2 rings (SSSR count). The van der Waals surface area contributed by atoms with Crippen molar-refractivity contribution in [2.24, 2.45) is 0 Å². The number of nitrogens with zero attached hydrogens (tertiary/aromatic N) is 1. The van der Waals surface area contributed by atoms with Gasteiger partial charge in [0, 0.05) is 39.9 Å². The molecule has 4 atom stereocenters. The van der Waals surface area contributed by atoms with E-state index < -0.39 is 0 Å². The van der Waals surface area contributed by atoms with Crippen molar-refractivity contribution >= 4 is 23.5 Å². The molecule has 1 N–H and O–H groups in total. The molecule has 18 heavy (non-hydrogen) atoms. The van der Waals surface area contributed by atoms with E-state index in [1.807, 2.05) is 12.4 Å². The maximum absolute atomic E-state index is 4.29. The molecule has 4 heteroatoms. The van der Waals surface area contributed by atoms with Crippen LogP contribution in [0.5, 0.6) is 0 Å². The number of pyridine rings is 1. The minimum absolute atomic E-state index is 0.408. The number of hydrogen-bond acceptors (Lipinski definition) is 4. The van der Waals surface area contributed by atoms with E-state index in [-0.39, 0.29) is 0 Å². The zero-order chi connectivity index (χ0) is 13.1. The fourth-order valence-corrected chi connectivity index (χ4v) is 5.47. The van der Waals surface area contributed by atoms with Gasteiger partial charge in [0.25, 0.3) is 0 Å². The van der Waals surface area contributed by atoms with E-state index in [0.29, 0.717) is 11.3 Å². The van der Waals surface area contributed by atoms with Gasteiger partial charge in [-0.25, -0.2) is 0 Å².